The predicted molar refractivity (Wildman–Crippen MR) is 88.8 cm³/mol. The van der Waals surface area contributed by atoms with Crippen LogP contribution in [0, 0.1) is 5.41 Å². The van der Waals surface area contributed by atoms with E-state index < -0.39 is 12.1 Å². The van der Waals surface area contributed by atoms with E-state index in [1.165, 1.54) is 4.70 Å². The van der Waals surface area contributed by atoms with Gasteiger partial charge in [0.15, 0.2) is 0 Å². The van der Waals surface area contributed by atoms with Crippen molar-refractivity contribution in [1.82, 2.24) is 10.6 Å². The summed E-state index contributed by atoms with van der Waals surface area (Å²) in [4.78, 5) is 21.1. The summed E-state index contributed by atoms with van der Waals surface area (Å²) in [6, 6.07) is 7.90. The second-order valence-electron chi connectivity index (χ2n) is 6.04. The molecule has 0 spiro atoms. The summed E-state index contributed by atoms with van der Waals surface area (Å²) in [6.45, 7) is 4.89. The van der Waals surface area contributed by atoms with E-state index in [1.54, 1.807) is 11.3 Å². The van der Waals surface area contributed by atoms with Gasteiger partial charge in [-0.1, -0.05) is 13.0 Å². The summed E-state index contributed by atoms with van der Waals surface area (Å²) < 4.78 is 32.9. The van der Waals surface area contributed by atoms with E-state index >= 15 is 0 Å². The fourth-order valence-corrected chi connectivity index (χ4v) is 3.07. The minimum absolute atomic E-state index is 0.0344. The Morgan fingerprint density at radius 1 is 1.32 bits per heavy atom. The van der Waals surface area contributed by atoms with Crippen LogP contribution in [0.4, 0.5) is 13.2 Å². The van der Waals surface area contributed by atoms with Gasteiger partial charge in [-0.05, 0) is 23.6 Å². The molecule has 0 bridgehead atoms. The van der Waals surface area contributed by atoms with Crippen molar-refractivity contribution in [3.05, 3.63) is 35.2 Å². The second kappa shape index (κ2) is 7.40. The quantitative estimate of drug-likeness (QED) is 0.772. The molecule has 0 unspecified atom stereocenters. The van der Waals surface area contributed by atoms with Gasteiger partial charge < -0.3 is 15.7 Å². The second-order valence-corrected chi connectivity index (χ2v) is 6.99. The lowest BCUT2D eigenvalue weighted by Gasteiger charge is -2.39. The Hall–Kier alpha value is -2.13. The van der Waals surface area contributed by atoms with E-state index in [4.69, 9.17) is 9.90 Å². The maximum absolute atomic E-state index is 12.2. The smallest absolute Gasteiger partial charge is 0.475 e. The third-order valence-corrected chi connectivity index (χ3v) is 4.64. The highest BCUT2D eigenvalue weighted by atomic mass is 32.1. The summed E-state index contributed by atoms with van der Waals surface area (Å²) in [7, 11) is 0. The summed E-state index contributed by atoms with van der Waals surface area (Å²) >= 11 is 1.67. The van der Waals surface area contributed by atoms with E-state index in [0.29, 0.717) is 0 Å². The molecule has 0 aliphatic carbocycles. The van der Waals surface area contributed by atoms with Gasteiger partial charge in [0.25, 0.3) is 5.91 Å². The van der Waals surface area contributed by atoms with Crippen LogP contribution in [-0.2, 0) is 4.79 Å². The number of hydrogen-bond acceptors (Lipinski definition) is 4. The monoisotopic (exact) mass is 374 g/mol. The number of amides is 1. The van der Waals surface area contributed by atoms with Crippen molar-refractivity contribution in [2.75, 3.05) is 19.6 Å². The number of carboxylic acids is 1. The van der Waals surface area contributed by atoms with Gasteiger partial charge in [-0.15, -0.1) is 11.3 Å². The van der Waals surface area contributed by atoms with Crippen molar-refractivity contribution in [2.24, 2.45) is 5.41 Å². The molecule has 1 aromatic heterocycles. The van der Waals surface area contributed by atoms with Crippen LogP contribution in [0.25, 0.3) is 10.1 Å². The largest absolute Gasteiger partial charge is 0.490 e. The summed E-state index contributed by atoms with van der Waals surface area (Å²) in [6.07, 6.45) is -5.08. The van der Waals surface area contributed by atoms with Crippen molar-refractivity contribution < 1.29 is 27.9 Å². The average molecular weight is 374 g/mol. The van der Waals surface area contributed by atoms with E-state index in [1.807, 2.05) is 29.6 Å². The topological polar surface area (TPSA) is 78.4 Å². The molecule has 0 saturated carbocycles. The Morgan fingerprint density at radius 3 is 2.48 bits per heavy atom. The van der Waals surface area contributed by atoms with Gasteiger partial charge in [0.05, 0.1) is 0 Å². The van der Waals surface area contributed by atoms with Gasteiger partial charge in [-0.3, -0.25) is 4.79 Å². The Morgan fingerprint density at radius 2 is 1.96 bits per heavy atom. The molecular weight excluding hydrogens is 357 g/mol. The summed E-state index contributed by atoms with van der Waals surface area (Å²) in [5.74, 6) is -2.72. The molecule has 1 aliphatic heterocycles. The number of aliphatic carboxylic acids is 1. The fraction of sp³-hybridized carbons (Fsp3) is 0.375. The number of fused-ring (bicyclic) bond motifs is 1. The van der Waals surface area contributed by atoms with Crippen molar-refractivity contribution in [1.29, 1.82) is 0 Å². The number of benzene rings is 1. The third-order valence-electron chi connectivity index (χ3n) is 3.76. The average Bonchev–Trinajstić information content (AvgIpc) is 2.98. The standard InChI is InChI=1S/C14H16N2OS.C2HF3O2/c1-14(7-15-8-14)9-16-13(17)11-3-2-4-12-10(11)5-6-18-12;3-2(4,5)1(6)7/h2-6,15H,7-9H2,1H3,(H,16,17);(H,6,7). The Kier molecular flexibility index (Phi) is 5.69. The number of carbonyl (C=O) groups excluding carboxylic acids is 1. The van der Waals surface area contributed by atoms with Gasteiger partial charge >= 0.3 is 12.1 Å². The molecule has 1 amide bonds. The van der Waals surface area contributed by atoms with Crippen LogP contribution in [0.3, 0.4) is 0 Å². The molecule has 136 valence electrons. The molecule has 1 fully saturated rings. The SMILES string of the molecule is CC1(CNC(=O)c2cccc3sccc23)CNC1.O=C(O)C(F)(F)F. The highest BCUT2D eigenvalue weighted by molar-refractivity contribution is 7.17. The number of carboxylic acid groups (broad SMARTS) is 1. The number of thiophene rings is 1. The molecule has 3 N–H and O–H groups in total. The van der Waals surface area contributed by atoms with Crippen molar-refractivity contribution in [3.63, 3.8) is 0 Å². The predicted octanol–water partition coefficient (Wildman–Crippen LogP) is 2.87. The third kappa shape index (κ3) is 4.93. The van der Waals surface area contributed by atoms with Gasteiger partial charge in [0.2, 0.25) is 0 Å². The lowest BCUT2D eigenvalue weighted by molar-refractivity contribution is -0.192. The number of hydrogen-bond donors (Lipinski definition) is 3. The normalized spacial score (nSPS) is 15.7. The number of alkyl halides is 3. The van der Waals surface area contributed by atoms with E-state index in [0.717, 1.165) is 30.6 Å². The van der Waals surface area contributed by atoms with Crippen molar-refractivity contribution in [2.45, 2.75) is 13.1 Å². The Labute approximate surface area is 145 Å². The van der Waals surface area contributed by atoms with Gasteiger partial charge in [0, 0.05) is 40.7 Å². The van der Waals surface area contributed by atoms with Gasteiger partial charge in [0.1, 0.15) is 0 Å². The fourth-order valence-electron chi connectivity index (χ4n) is 2.26. The lowest BCUT2D eigenvalue weighted by Crippen LogP contribution is -2.56. The zero-order chi connectivity index (χ0) is 18.7. The van der Waals surface area contributed by atoms with E-state index in [2.05, 4.69) is 17.6 Å². The molecule has 9 heteroatoms. The molecule has 3 rings (SSSR count). The zero-order valence-electron chi connectivity index (χ0n) is 13.3. The van der Waals surface area contributed by atoms with Crippen LogP contribution in [0.2, 0.25) is 0 Å². The first-order valence-corrected chi connectivity index (χ1v) is 8.26. The van der Waals surface area contributed by atoms with Crippen LogP contribution in [0.5, 0.6) is 0 Å². The molecule has 1 aromatic carbocycles. The van der Waals surface area contributed by atoms with E-state index in [9.17, 15) is 18.0 Å². The minimum atomic E-state index is -5.08. The van der Waals surface area contributed by atoms with Crippen LogP contribution in [0.1, 0.15) is 17.3 Å². The first-order chi connectivity index (χ1) is 11.6. The number of halogens is 3. The van der Waals surface area contributed by atoms with Crippen LogP contribution in [-0.4, -0.2) is 42.8 Å². The van der Waals surface area contributed by atoms with Crippen LogP contribution >= 0.6 is 11.3 Å². The number of nitrogens with one attached hydrogen (secondary N) is 2. The highest BCUT2D eigenvalue weighted by Crippen LogP contribution is 2.25. The molecule has 2 aromatic rings. The lowest BCUT2D eigenvalue weighted by atomic mass is 9.84. The van der Waals surface area contributed by atoms with Crippen LogP contribution < -0.4 is 10.6 Å². The first kappa shape index (κ1) is 19.2. The highest BCUT2D eigenvalue weighted by Gasteiger charge is 2.38. The number of carbonyl (C=O) groups is 2. The molecule has 5 nitrogen and oxygen atoms in total. The zero-order valence-corrected chi connectivity index (χ0v) is 14.1. The molecule has 2 heterocycles. The molecular formula is C16H17F3N2O3S. The summed E-state index contributed by atoms with van der Waals surface area (Å²) in [5, 5.41) is 16.5. The van der Waals surface area contributed by atoms with Gasteiger partial charge in [-0.2, -0.15) is 13.2 Å². The van der Waals surface area contributed by atoms with Crippen molar-refractivity contribution in [3.8, 4) is 0 Å². The van der Waals surface area contributed by atoms with Crippen molar-refractivity contribution >= 4 is 33.3 Å². The van der Waals surface area contributed by atoms with Gasteiger partial charge in [-0.25, -0.2) is 4.79 Å². The molecule has 1 aliphatic rings. The first-order valence-electron chi connectivity index (χ1n) is 7.38. The Bertz CT molecular complexity index is 769. The Balaban J connectivity index is 0.000000277. The molecule has 25 heavy (non-hydrogen) atoms. The van der Waals surface area contributed by atoms with E-state index in [-0.39, 0.29) is 11.3 Å². The maximum atomic E-state index is 12.2. The van der Waals surface area contributed by atoms with Crippen LogP contribution in [0.15, 0.2) is 29.6 Å². The molecule has 0 radical (unpaired) electrons. The minimum Gasteiger partial charge on any atom is -0.475 e. The number of rotatable bonds is 3. The molecule has 1 saturated heterocycles. The summed E-state index contributed by atoms with van der Waals surface area (Å²) in [5.41, 5.74) is 1.00. The maximum Gasteiger partial charge on any atom is 0.490 e. The molecule has 0 atom stereocenters.